The molecule has 1 aromatic rings. The van der Waals surface area contributed by atoms with Gasteiger partial charge in [-0.05, 0) is 42.7 Å². The summed E-state index contributed by atoms with van der Waals surface area (Å²) in [6.07, 6.45) is 2.11. The van der Waals surface area contributed by atoms with Crippen molar-refractivity contribution in [2.45, 2.75) is 19.3 Å². The van der Waals surface area contributed by atoms with Gasteiger partial charge in [0.05, 0.1) is 17.7 Å². The van der Waals surface area contributed by atoms with Gasteiger partial charge in [-0.25, -0.2) is 14.5 Å². The lowest BCUT2D eigenvalue weighted by atomic mass is 10.1. The highest BCUT2D eigenvalue weighted by Gasteiger charge is 2.37. The van der Waals surface area contributed by atoms with Crippen LogP contribution in [0.3, 0.4) is 0 Å². The number of amides is 3. The van der Waals surface area contributed by atoms with Crippen LogP contribution in [0.15, 0.2) is 35.5 Å². The molecule has 0 unspecified atom stereocenters. The summed E-state index contributed by atoms with van der Waals surface area (Å²) >= 11 is 0. The zero-order valence-electron chi connectivity index (χ0n) is 11.5. The van der Waals surface area contributed by atoms with Crippen molar-refractivity contribution < 1.29 is 19.5 Å². The van der Waals surface area contributed by atoms with Gasteiger partial charge < -0.3 is 10.0 Å². The van der Waals surface area contributed by atoms with E-state index in [9.17, 15) is 14.4 Å². The minimum atomic E-state index is -1.05. The quantitative estimate of drug-likeness (QED) is 0.904. The lowest BCUT2D eigenvalue weighted by Crippen LogP contribution is -2.49. The van der Waals surface area contributed by atoms with E-state index in [1.165, 1.54) is 34.7 Å². The minimum absolute atomic E-state index is 0.116. The van der Waals surface area contributed by atoms with Gasteiger partial charge in [0, 0.05) is 12.7 Å². The van der Waals surface area contributed by atoms with E-state index >= 15 is 0 Å². The number of urea groups is 1. The van der Waals surface area contributed by atoms with E-state index in [1.54, 1.807) is 7.05 Å². The maximum atomic E-state index is 12.4. The molecule has 1 N–H and O–H groups in total. The number of imide groups is 1. The third kappa shape index (κ3) is 2.29. The van der Waals surface area contributed by atoms with Gasteiger partial charge >= 0.3 is 12.0 Å². The second-order valence-electron chi connectivity index (χ2n) is 5.15. The van der Waals surface area contributed by atoms with Crippen LogP contribution in [0.2, 0.25) is 0 Å². The lowest BCUT2D eigenvalue weighted by molar-refractivity contribution is -0.118. The molecule has 1 aliphatic heterocycles. The van der Waals surface area contributed by atoms with Gasteiger partial charge in [-0.2, -0.15) is 0 Å². The number of benzene rings is 1. The molecule has 108 valence electrons. The highest BCUT2D eigenvalue weighted by atomic mass is 16.4. The number of carboxylic acid groups (broad SMARTS) is 1. The number of rotatable bonds is 2. The van der Waals surface area contributed by atoms with Gasteiger partial charge in [-0.1, -0.05) is 0 Å². The Bertz CT molecular complexity index is 669. The van der Waals surface area contributed by atoms with E-state index in [0.717, 1.165) is 23.4 Å². The average Bonchev–Trinajstić information content (AvgIpc) is 3.28. The fourth-order valence-electron chi connectivity index (χ4n) is 2.43. The molecule has 3 rings (SSSR count). The first-order valence-corrected chi connectivity index (χ1v) is 6.64. The van der Waals surface area contributed by atoms with Crippen LogP contribution < -0.4 is 4.90 Å². The van der Waals surface area contributed by atoms with Crippen molar-refractivity contribution in [1.82, 2.24) is 4.90 Å². The first-order chi connectivity index (χ1) is 9.99. The molecular weight excluding hydrogens is 272 g/mol. The van der Waals surface area contributed by atoms with Crippen LogP contribution in [0.25, 0.3) is 0 Å². The maximum absolute atomic E-state index is 12.4. The normalized spacial score (nSPS) is 18.3. The average molecular weight is 286 g/mol. The number of carbonyl (C=O) groups is 3. The van der Waals surface area contributed by atoms with Gasteiger partial charge in [-0.3, -0.25) is 4.79 Å². The summed E-state index contributed by atoms with van der Waals surface area (Å²) in [5, 5.41) is 8.87. The van der Waals surface area contributed by atoms with Crippen LogP contribution in [0.1, 0.15) is 29.6 Å². The molecule has 0 bridgehead atoms. The van der Waals surface area contributed by atoms with E-state index in [0.29, 0.717) is 5.69 Å². The number of hydrogen-bond donors (Lipinski definition) is 1. The number of anilines is 1. The number of hydrogen-bond acceptors (Lipinski definition) is 3. The largest absolute Gasteiger partial charge is 0.478 e. The van der Waals surface area contributed by atoms with Crippen LogP contribution in [-0.2, 0) is 4.79 Å². The fourth-order valence-corrected chi connectivity index (χ4v) is 2.43. The number of nitrogens with zero attached hydrogens (tertiary/aromatic N) is 2. The maximum Gasteiger partial charge on any atom is 0.335 e. The van der Waals surface area contributed by atoms with Crippen LogP contribution in [-0.4, -0.2) is 35.0 Å². The molecule has 2 fully saturated rings. The first kappa shape index (κ1) is 13.4. The summed E-state index contributed by atoms with van der Waals surface area (Å²) in [7, 11) is 1.66. The molecule has 0 aromatic heterocycles. The zero-order valence-corrected chi connectivity index (χ0v) is 11.5. The monoisotopic (exact) mass is 286 g/mol. The molecule has 1 heterocycles. The Hall–Kier alpha value is -2.63. The number of carbonyl (C=O) groups excluding carboxylic acids is 2. The smallest absolute Gasteiger partial charge is 0.335 e. The van der Waals surface area contributed by atoms with Crippen LogP contribution in [0.4, 0.5) is 10.5 Å². The topological polar surface area (TPSA) is 77.9 Å². The summed E-state index contributed by atoms with van der Waals surface area (Å²) in [6, 6.07) is 5.31. The van der Waals surface area contributed by atoms with Gasteiger partial charge in [0.25, 0.3) is 0 Å². The molecule has 1 saturated heterocycles. The molecule has 21 heavy (non-hydrogen) atoms. The van der Waals surface area contributed by atoms with Crippen LogP contribution >= 0.6 is 0 Å². The molecule has 6 nitrogen and oxygen atoms in total. The Labute approximate surface area is 121 Å². The van der Waals surface area contributed by atoms with Crippen LogP contribution in [0.5, 0.6) is 0 Å². The van der Waals surface area contributed by atoms with Gasteiger partial charge in [0.1, 0.15) is 0 Å². The van der Waals surface area contributed by atoms with Gasteiger partial charge in [0.2, 0.25) is 5.91 Å². The summed E-state index contributed by atoms with van der Waals surface area (Å²) in [5.41, 5.74) is 2.48. The predicted octanol–water partition coefficient (Wildman–Crippen LogP) is 2.22. The van der Waals surface area contributed by atoms with Crippen molar-refractivity contribution >= 4 is 23.6 Å². The zero-order chi connectivity index (χ0) is 15.1. The number of allylic oxidation sites excluding steroid dienone is 1. The second-order valence-corrected chi connectivity index (χ2v) is 5.15. The summed E-state index contributed by atoms with van der Waals surface area (Å²) in [6.45, 7) is 0. The van der Waals surface area contributed by atoms with Gasteiger partial charge in [-0.15, -0.1) is 0 Å². The highest BCUT2D eigenvalue weighted by Crippen LogP contribution is 2.37. The third-order valence-corrected chi connectivity index (χ3v) is 3.73. The van der Waals surface area contributed by atoms with E-state index in [-0.39, 0.29) is 17.9 Å². The van der Waals surface area contributed by atoms with Crippen molar-refractivity contribution in [1.29, 1.82) is 0 Å². The van der Waals surface area contributed by atoms with E-state index < -0.39 is 12.0 Å². The van der Waals surface area contributed by atoms with Crippen LogP contribution in [0, 0.1) is 0 Å². The molecular formula is C15H14N2O4. The molecule has 0 radical (unpaired) electrons. The van der Waals surface area contributed by atoms with Crippen molar-refractivity contribution in [2.75, 3.05) is 11.9 Å². The first-order valence-electron chi connectivity index (χ1n) is 6.64. The SMILES string of the molecule is CN1C(=O)N(c2ccc(C(=O)O)cc2)C(=O)CC1=C1CC1. The predicted molar refractivity (Wildman–Crippen MR) is 74.9 cm³/mol. The molecule has 6 heteroatoms. The van der Waals surface area contributed by atoms with E-state index in [2.05, 4.69) is 0 Å². The molecule has 3 amide bonds. The summed E-state index contributed by atoms with van der Waals surface area (Å²) < 4.78 is 0. The van der Waals surface area contributed by atoms with Crippen molar-refractivity contribution in [3.05, 3.63) is 41.1 Å². The highest BCUT2D eigenvalue weighted by molar-refractivity contribution is 6.17. The second kappa shape index (κ2) is 4.73. The molecule has 2 aliphatic rings. The molecule has 1 aromatic carbocycles. The Morgan fingerprint density at radius 2 is 1.76 bits per heavy atom. The Morgan fingerprint density at radius 3 is 2.29 bits per heavy atom. The fraction of sp³-hybridized carbons (Fsp3) is 0.267. The Morgan fingerprint density at radius 1 is 1.14 bits per heavy atom. The van der Waals surface area contributed by atoms with E-state index in [1.807, 2.05) is 0 Å². The summed E-state index contributed by atoms with van der Waals surface area (Å²) in [4.78, 5) is 38.1. The molecule has 0 atom stereocenters. The standard InChI is InChI=1S/C15H14N2O4/c1-16-12(9-2-3-9)8-13(18)17(15(16)21)11-6-4-10(5-7-11)14(19)20/h4-7H,2-3,8H2,1H3,(H,19,20). The van der Waals surface area contributed by atoms with Gasteiger partial charge in [0.15, 0.2) is 0 Å². The Balaban J connectivity index is 1.91. The minimum Gasteiger partial charge on any atom is -0.478 e. The molecule has 1 saturated carbocycles. The van der Waals surface area contributed by atoms with Crippen molar-refractivity contribution in [2.24, 2.45) is 0 Å². The van der Waals surface area contributed by atoms with Crippen molar-refractivity contribution in [3.8, 4) is 0 Å². The number of aromatic carboxylic acids is 1. The van der Waals surface area contributed by atoms with E-state index in [4.69, 9.17) is 5.11 Å². The van der Waals surface area contributed by atoms with Crippen molar-refractivity contribution in [3.63, 3.8) is 0 Å². The molecule has 0 spiro atoms. The number of carboxylic acids is 1. The Kier molecular flexibility index (Phi) is 3.01. The lowest BCUT2D eigenvalue weighted by Gasteiger charge is -2.33. The third-order valence-electron chi connectivity index (χ3n) is 3.73. The summed E-state index contributed by atoms with van der Waals surface area (Å²) in [5.74, 6) is -1.33. The molecule has 1 aliphatic carbocycles.